The Kier molecular flexibility index (Phi) is 8.59. The number of halogens is 5. The van der Waals surface area contributed by atoms with E-state index in [0.29, 0.717) is 42.0 Å². The molecule has 2 aliphatic heterocycles. The lowest BCUT2D eigenvalue weighted by Gasteiger charge is -2.32. The number of fused-ring (bicyclic) bond motifs is 1. The second-order valence-corrected chi connectivity index (χ2v) is 8.27. The Hall–Kier alpha value is -3.16. The molecule has 2 aromatic rings. The fourth-order valence-electron chi connectivity index (χ4n) is 3.76. The van der Waals surface area contributed by atoms with Gasteiger partial charge in [0.1, 0.15) is 5.82 Å². The molecule has 0 spiro atoms. The molecule has 0 radical (unpaired) electrons. The van der Waals surface area contributed by atoms with Crippen molar-refractivity contribution in [3.63, 3.8) is 0 Å². The largest absolute Gasteiger partial charge is 0.493 e. The number of benzene rings is 1. The summed E-state index contributed by atoms with van der Waals surface area (Å²) in [7, 11) is 3.15. The molecule has 2 aliphatic rings. The summed E-state index contributed by atoms with van der Waals surface area (Å²) < 4.78 is 75.2. The molecule has 1 aromatic carbocycles. The van der Waals surface area contributed by atoms with E-state index in [-0.39, 0.29) is 32.0 Å². The molecule has 0 unspecified atom stereocenters. The minimum atomic E-state index is -5.08. The van der Waals surface area contributed by atoms with E-state index < -0.39 is 18.1 Å². The Morgan fingerprint density at radius 2 is 1.67 bits per heavy atom. The zero-order valence-corrected chi connectivity index (χ0v) is 19.7. The normalized spacial score (nSPS) is 18.2. The van der Waals surface area contributed by atoms with Crippen LogP contribution in [0.5, 0.6) is 11.5 Å². The fraction of sp³-hybridized carbons (Fsp3) is 0.591. The van der Waals surface area contributed by atoms with Gasteiger partial charge < -0.3 is 29.5 Å². The van der Waals surface area contributed by atoms with Crippen molar-refractivity contribution in [3.05, 3.63) is 12.1 Å². The number of nitrogens with zero attached hydrogens (tertiary/aromatic N) is 3. The van der Waals surface area contributed by atoms with Crippen LogP contribution < -0.4 is 19.7 Å². The number of carboxylic acid groups (broad SMARTS) is 1. The van der Waals surface area contributed by atoms with Gasteiger partial charge in [-0.25, -0.2) is 18.6 Å². The highest BCUT2D eigenvalue weighted by molar-refractivity contribution is 5.93. The van der Waals surface area contributed by atoms with Gasteiger partial charge in [-0.3, -0.25) is 0 Å². The molecule has 2 fully saturated rings. The van der Waals surface area contributed by atoms with Crippen LogP contribution in [0.3, 0.4) is 0 Å². The third-order valence-electron chi connectivity index (χ3n) is 5.77. The van der Waals surface area contributed by atoms with Crippen LogP contribution >= 0.6 is 0 Å². The van der Waals surface area contributed by atoms with Gasteiger partial charge in [-0.15, -0.1) is 0 Å². The van der Waals surface area contributed by atoms with Gasteiger partial charge >= 0.3 is 12.1 Å². The standard InChI is InChI=1S/C20H26F2N4O3.C2HF3O2/c1-27-16-11-14-15(12-17(16)28-2)24-19(26-7-5-20(21,22)6-8-26)25-18(14)23-13-3-9-29-10-4-13;3-2(4,5)1(6)7/h11-13H,3-10H2,1-2H3,(H,23,24,25);(H,6,7). The van der Waals surface area contributed by atoms with Gasteiger partial charge in [0.25, 0.3) is 5.92 Å². The molecule has 0 aliphatic carbocycles. The first-order valence-electron chi connectivity index (χ1n) is 11.1. The number of hydrogen-bond acceptors (Lipinski definition) is 8. The van der Waals surface area contributed by atoms with E-state index in [1.54, 1.807) is 20.3 Å². The second-order valence-electron chi connectivity index (χ2n) is 8.27. The average molecular weight is 522 g/mol. The van der Waals surface area contributed by atoms with E-state index in [9.17, 15) is 22.0 Å². The summed E-state index contributed by atoms with van der Waals surface area (Å²) in [5, 5.41) is 11.4. The molecule has 2 N–H and O–H groups in total. The van der Waals surface area contributed by atoms with E-state index in [2.05, 4.69) is 10.3 Å². The molecule has 4 rings (SSSR count). The maximum absolute atomic E-state index is 13.6. The van der Waals surface area contributed by atoms with Gasteiger partial charge in [-0.2, -0.15) is 18.2 Å². The number of aromatic nitrogens is 2. The number of anilines is 2. The molecule has 0 amide bonds. The minimum Gasteiger partial charge on any atom is -0.493 e. The quantitative estimate of drug-likeness (QED) is 0.562. The Balaban J connectivity index is 0.000000454. The summed E-state index contributed by atoms with van der Waals surface area (Å²) in [6, 6.07) is 3.88. The van der Waals surface area contributed by atoms with Crippen molar-refractivity contribution in [3.8, 4) is 11.5 Å². The monoisotopic (exact) mass is 522 g/mol. The van der Waals surface area contributed by atoms with Crippen molar-refractivity contribution < 1.29 is 46.1 Å². The molecule has 9 nitrogen and oxygen atoms in total. The van der Waals surface area contributed by atoms with Crippen molar-refractivity contribution in [1.29, 1.82) is 0 Å². The van der Waals surface area contributed by atoms with Crippen molar-refractivity contribution in [2.24, 2.45) is 0 Å². The molecule has 3 heterocycles. The van der Waals surface area contributed by atoms with Gasteiger partial charge in [0.15, 0.2) is 11.5 Å². The van der Waals surface area contributed by atoms with Crippen LogP contribution in [-0.4, -0.2) is 79.7 Å². The highest BCUT2D eigenvalue weighted by Crippen LogP contribution is 2.36. The summed E-state index contributed by atoms with van der Waals surface area (Å²) in [5.41, 5.74) is 0.680. The Morgan fingerprint density at radius 3 is 2.19 bits per heavy atom. The number of alkyl halides is 5. The predicted octanol–water partition coefficient (Wildman–Crippen LogP) is 4.11. The Morgan fingerprint density at radius 1 is 1.11 bits per heavy atom. The van der Waals surface area contributed by atoms with Crippen LogP contribution in [0.2, 0.25) is 0 Å². The highest BCUT2D eigenvalue weighted by Gasteiger charge is 2.38. The smallest absolute Gasteiger partial charge is 0.490 e. The molecule has 14 heteroatoms. The summed E-state index contributed by atoms with van der Waals surface area (Å²) in [4.78, 5) is 20.1. The molecule has 0 bridgehead atoms. The van der Waals surface area contributed by atoms with Gasteiger partial charge in [0, 0.05) is 56.6 Å². The number of carboxylic acids is 1. The lowest BCUT2D eigenvalue weighted by Crippen LogP contribution is -2.40. The molecule has 200 valence electrons. The first-order chi connectivity index (χ1) is 16.9. The van der Waals surface area contributed by atoms with Crippen LogP contribution in [0.1, 0.15) is 25.7 Å². The Labute approximate surface area is 203 Å². The maximum atomic E-state index is 13.6. The van der Waals surface area contributed by atoms with Gasteiger partial charge in [-0.05, 0) is 18.9 Å². The van der Waals surface area contributed by atoms with Crippen molar-refractivity contribution in [1.82, 2.24) is 9.97 Å². The summed E-state index contributed by atoms with van der Waals surface area (Å²) in [6.45, 7) is 1.85. The third-order valence-corrected chi connectivity index (χ3v) is 5.77. The number of nitrogens with one attached hydrogen (secondary N) is 1. The van der Waals surface area contributed by atoms with Crippen LogP contribution in [0.15, 0.2) is 12.1 Å². The highest BCUT2D eigenvalue weighted by atomic mass is 19.4. The SMILES string of the molecule is COc1cc2nc(N3CCC(F)(F)CC3)nc(NC3CCOCC3)c2cc1OC.O=C(O)C(F)(F)F. The maximum Gasteiger partial charge on any atom is 0.490 e. The fourth-order valence-corrected chi connectivity index (χ4v) is 3.76. The molecule has 2 saturated heterocycles. The number of carbonyl (C=O) groups is 1. The number of ether oxygens (including phenoxy) is 3. The van der Waals surface area contributed by atoms with E-state index in [1.807, 2.05) is 11.0 Å². The zero-order chi connectivity index (χ0) is 26.5. The van der Waals surface area contributed by atoms with Crippen LogP contribution in [0.4, 0.5) is 33.7 Å². The number of methoxy groups -OCH3 is 2. The Bertz CT molecular complexity index is 1050. The number of piperidine rings is 1. The average Bonchev–Trinajstić information content (AvgIpc) is 2.83. The van der Waals surface area contributed by atoms with Crippen LogP contribution in [-0.2, 0) is 9.53 Å². The number of aliphatic carboxylic acids is 1. The van der Waals surface area contributed by atoms with Crippen LogP contribution in [0.25, 0.3) is 10.9 Å². The van der Waals surface area contributed by atoms with Gasteiger partial charge in [-0.1, -0.05) is 0 Å². The second kappa shape index (κ2) is 11.3. The molecular weight excluding hydrogens is 495 g/mol. The molecule has 36 heavy (non-hydrogen) atoms. The lowest BCUT2D eigenvalue weighted by atomic mass is 10.1. The van der Waals surface area contributed by atoms with E-state index in [0.717, 1.165) is 18.2 Å². The molecule has 0 saturated carbocycles. The minimum absolute atomic E-state index is 0.191. The van der Waals surface area contributed by atoms with Crippen molar-refractivity contribution in [2.45, 2.75) is 43.8 Å². The summed E-state index contributed by atoms with van der Waals surface area (Å²) in [5.74, 6) is -3.10. The van der Waals surface area contributed by atoms with E-state index in [4.69, 9.17) is 29.1 Å². The third kappa shape index (κ3) is 6.95. The van der Waals surface area contributed by atoms with Gasteiger partial charge in [0.2, 0.25) is 5.95 Å². The molecule has 0 atom stereocenters. The first kappa shape index (κ1) is 27.4. The molecular formula is C22H27F5N4O5. The van der Waals surface area contributed by atoms with Crippen molar-refractivity contribution in [2.75, 3.05) is 50.7 Å². The summed E-state index contributed by atoms with van der Waals surface area (Å²) >= 11 is 0. The lowest BCUT2D eigenvalue weighted by molar-refractivity contribution is -0.192. The van der Waals surface area contributed by atoms with Crippen LogP contribution in [0, 0.1) is 0 Å². The molecule has 1 aromatic heterocycles. The summed E-state index contributed by atoms with van der Waals surface area (Å²) in [6.07, 6.45) is -3.71. The topological polar surface area (TPSA) is 106 Å². The number of rotatable bonds is 5. The van der Waals surface area contributed by atoms with Gasteiger partial charge in [0.05, 0.1) is 19.7 Å². The van der Waals surface area contributed by atoms with E-state index in [1.165, 1.54) is 0 Å². The zero-order valence-electron chi connectivity index (χ0n) is 19.7. The van der Waals surface area contributed by atoms with E-state index >= 15 is 0 Å². The number of hydrogen-bond donors (Lipinski definition) is 2. The predicted molar refractivity (Wildman–Crippen MR) is 120 cm³/mol. The van der Waals surface area contributed by atoms with Crippen molar-refractivity contribution >= 4 is 28.6 Å². The first-order valence-corrected chi connectivity index (χ1v) is 11.1.